The monoisotopic (exact) mass is 435 g/mol. The maximum absolute atomic E-state index is 12.7. The van der Waals surface area contributed by atoms with E-state index in [1.165, 1.54) is 30.0 Å². The van der Waals surface area contributed by atoms with E-state index in [9.17, 15) is 18.0 Å². The molecule has 6 nitrogen and oxygen atoms in total. The van der Waals surface area contributed by atoms with Gasteiger partial charge >= 0.3 is 12.3 Å². The van der Waals surface area contributed by atoms with Crippen LogP contribution < -0.4 is 9.64 Å². The van der Waals surface area contributed by atoms with Gasteiger partial charge in [-0.15, -0.1) is 13.2 Å². The molecule has 0 radical (unpaired) electrons. The Hall–Kier alpha value is -3.01. The second kappa shape index (κ2) is 7.67. The summed E-state index contributed by atoms with van der Waals surface area (Å²) >= 11 is 1.20. The predicted octanol–water partition coefficient (Wildman–Crippen LogP) is 4.84. The molecule has 0 aliphatic carbocycles. The number of aromatic nitrogens is 1. The zero-order valence-corrected chi connectivity index (χ0v) is 16.8. The first-order chi connectivity index (χ1) is 14.3. The number of benzene rings is 1. The Morgan fingerprint density at radius 2 is 2.07 bits per heavy atom. The Labute approximate surface area is 174 Å². The van der Waals surface area contributed by atoms with Crippen LogP contribution in [0.5, 0.6) is 5.75 Å². The van der Waals surface area contributed by atoms with E-state index in [2.05, 4.69) is 14.7 Å². The number of pyridine rings is 1. The van der Waals surface area contributed by atoms with Crippen LogP contribution in [0, 0.1) is 0 Å². The van der Waals surface area contributed by atoms with Gasteiger partial charge < -0.3 is 14.4 Å². The molecular formula is C20H16F3N3O3S. The number of allylic oxidation sites excluding steroid dienone is 1. The van der Waals surface area contributed by atoms with Crippen LogP contribution in [0.2, 0.25) is 0 Å². The quantitative estimate of drug-likeness (QED) is 0.641. The number of aliphatic imine (C=N–C) groups is 1. The van der Waals surface area contributed by atoms with E-state index in [0.717, 1.165) is 0 Å². The standard InChI is InChI=1S/C20H16F3N3O3S/c1-3-28-18(27)16-11(2)25-19-26(17(16)13-6-4-5-9-24-13)14-8-7-12(10-15(14)30-19)29-20(21,22)23/h4-10,17H,3H2,1-2H3/t17-/m0/s1. The summed E-state index contributed by atoms with van der Waals surface area (Å²) in [5.74, 6) is -0.831. The number of halogens is 3. The Bertz CT molecular complexity index is 1050. The number of alkyl halides is 3. The van der Waals surface area contributed by atoms with Crippen LogP contribution in [0.3, 0.4) is 0 Å². The van der Waals surface area contributed by atoms with Crippen molar-refractivity contribution in [3.63, 3.8) is 0 Å². The maximum atomic E-state index is 12.7. The van der Waals surface area contributed by atoms with E-state index in [1.807, 2.05) is 0 Å². The highest BCUT2D eigenvalue weighted by Gasteiger charge is 2.43. The minimum absolute atomic E-state index is 0.199. The number of hydrogen-bond acceptors (Lipinski definition) is 7. The zero-order valence-electron chi connectivity index (χ0n) is 15.9. The first-order valence-corrected chi connectivity index (χ1v) is 9.84. The first kappa shape index (κ1) is 20.3. The summed E-state index contributed by atoms with van der Waals surface area (Å²) in [7, 11) is 0. The summed E-state index contributed by atoms with van der Waals surface area (Å²) in [6, 6.07) is 8.78. The molecule has 0 amide bonds. The lowest BCUT2D eigenvalue weighted by atomic mass is 9.97. The molecule has 0 unspecified atom stereocenters. The molecule has 1 aromatic heterocycles. The summed E-state index contributed by atoms with van der Waals surface area (Å²) in [4.78, 5) is 24.0. The molecule has 0 spiro atoms. The van der Waals surface area contributed by atoms with Crippen LogP contribution in [0.25, 0.3) is 0 Å². The molecule has 2 aliphatic heterocycles. The van der Waals surface area contributed by atoms with Crippen molar-refractivity contribution in [2.45, 2.75) is 31.1 Å². The number of hydrogen-bond donors (Lipinski definition) is 0. The van der Waals surface area contributed by atoms with Gasteiger partial charge in [0.05, 0.1) is 29.3 Å². The van der Waals surface area contributed by atoms with Gasteiger partial charge in [-0.3, -0.25) is 4.98 Å². The number of amidine groups is 1. The van der Waals surface area contributed by atoms with Crippen molar-refractivity contribution in [3.8, 4) is 5.75 Å². The lowest BCUT2D eigenvalue weighted by Gasteiger charge is -2.34. The molecule has 0 saturated carbocycles. The van der Waals surface area contributed by atoms with Gasteiger partial charge in [-0.05, 0) is 55.9 Å². The zero-order chi connectivity index (χ0) is 21.5. The van der Waals surface area contributed by atoms with Gasteiger partial charge in [-0.2, -0.15) is 0 Å². The maximum Gasteiger partial charge on any atom is 0.573 e. The molecule has 0 saturated heterocycles. The summed E-state index contributed by atoms with van der Waals surface area (Å²) < 4.78 is 47.1. The topological polar surface area (TPSA) is 64.0 Å². The number of esters is 1. The van der Waals surface area contributed by atoms with Crippen molar-refractivity contribution < 1.29 is 27.4 Å². The van der Waals surface area contributed by atoms with Gasteiger partial charge in [-0.25, -0.2) is 9.79 Å². The number of anilines is 1. The number of thioether (sulfide) groups is 1. The summed E-state index contributed by atoms with van der Waals surface area (Å²) in [6.07, 6.45) is -3.17. The average molecular weight is 435 g/mol. The highest BCUT2D eigenvalue weighted by molar-refractivity contribution is 8.14. The Morgan fingerprint density at radius 3 is 2.73 bits per heavy atom. The van der Waals surface area contributed by atoms with Crippen LogP contribution >= 0.6 is 11.8 Å². The summed E-state index contributed by atoms with van der Waals surface area (Å²) in [6.45, 7) is 3.61. The fourth-order valence-corrected chi connectivity index (χ4v) is 4.49. The van der Waals surface area contributed by atoms with Crippen molar-refractivity contribution in [2.24, 2.45) is 4.99 Å². The van der Waals surface area contributed by atoms with Gasteiger partial charge in [0.15, 0.2) is 5.17 Å². The fraction of sp³-hybridized carbons (Fsp3) is 0.250. The molecule has 3 heterocycles. The minimum atomic E-state index is -4.78. The van der Waals surface area contributed by atoms with E-state index in [4.69, 9.17) is 4.74 Å². The molecule has 2 aromatic rings. The number of nitrogens with zero attached hydrogens (tertiary/aromatic N) is 3. The molecule has 0 fully saturated rings. The molecular weight excluding hydrogens is 419 g/mol. The number of rotatable bonds is 4. The highest BCUT2D eigenvalue weighted by Crippen LogP contribution is 2.50. The molecule has 1 aromatic carbocycles. The molecule has 30 heavy (non-hydrogen) atoms. The van der Waals surface area contributed by atoms with Crippen molar-refractivity contribution in [1.82, 2.24) is 4.98 Å². The number of ether oxygens (including phenoxy) is 2. The van der Waals surface area contributed by atoms with Gasteiger partial charge in [0.25, 0.3) is 0 Å². The largest absolute Gasteiger partial charge is 0.573 e. The van der Waals surface area contributed by atoms with Crippen molar-refractivity contribution in [2.75, 3.05) is 11.5 Å². The van der Waals surface area contributed by atoms with E-state index in [1.54, 1.807) is 43.1 Å². The van der Waals surface area contributed by atoms with E-state index < -0.39 is 18.4 Å². The molecule has 156 valence electrons. The highest BCUT2D eigenvalue weighted by atomic mass is 32.2. The van der Waals surface area contributed by atoms with Crippen LogP contribution in [-0.4, -0.2) is 29.1 Å². The Kier molecular flexibility index (Phi) is 5.19. The molecule has 10 heteroatoms. The normalized spacial score (nSPS) is 18.0. The lowest BCUT2D eigenvalue weighted by Crippen LogP contribution is -2.37. The number of carbonyl (C=O) groups is 1. The second-order valence-corrected chi connectivity index (χ2v) is 7.43. The van der Waals surface area contributed by atoms with E-state index in [0.29, 0.717) is 32.7 Å². The van der Waals surface area contributed by atoms with Gasteiger partial charge in [0.2, 0.25) is 0 Å². The predicted molar refractivity (Wildman–Crippen MR) is 105 cm³/mol. The molecule has 0 bridgehead atoms. The molecule has 4 rings (SSSR count). The lowest BCUT2D eigenvalue weighted by molar-refractivity contribution is -0.274. The van der Waals surface area contributed by atoms with Gasteiger partial charge in [0, 0.05) is 11.1 Å². The average Bonchev–Trinajstić information content (AvgIpc) is 3.03. The summed E-state index contributed by atoms with van der Waals surface area (Å²) in [5.41, 5.74) is 2.01. The van der Waals surface area contributed by atoms with Crippen LogP contribution in [0.1, 0.15) is 25.6 Å². The van der Waals surface area contributed by atoms with Gasteiger partial charge in [-0.1, -0.05) is 6.07 Å². The Balaban J connectivity index is 1.81. The Morgan fingerprint density at radius 1 is 1.27 bits per heavy atom. The van der Waals surface area contributed by atoms with Crippen LogP contribution in [0.15, 0.2) is 63.8 Å². The van der Waals surface area contributed by atoms with Crippen molar-refractivity contribution in [1.29, 1.82) is 0 Å². The molecule has 2 aliphatic rings. The molecule has 0 N–H and O–H groups in total. The van der Waals surface area contributed by atoms with Crippen LogP contribution in [-0.2, 0) is 9.53 Å². The van der Waals surface area contributed by atoms with E-state index >= 15 is 0 Å². The smallest absolute Gasteiger partial charge is 0.463 e. The van der Waals surface area contributed by atoms with Crippen molar-refractivity contribution >= 4 is 28.6 Å². The number of carbonyl (C=O) groups excluding carboxylic acids is 1. The van der Waals surface area contributed by atoms with Crippen LogP contribution in [0.4, 0.5) is 18.9 Å². The molecule has 1 atom stereocenters. The minimum Gasteiger partial charge on any atom is -0.463 e. The van der Waals surface area contributed by atoms with Gasteiger partial charge in [0.1, 0.15) is 11.8 Å². The van der Waals surface area contributed by atoms with Crippen molar-refractivity contribution in [3.05, 3.63) is 59.6 Å². The van der Waals surface area contributed by atoms with E-state index in [-0.39, 0.29) is 12.4 Å². The third kappa shape index (κ3) is 3.74. The third-order valence-corrected chi connectivity index (χ3v) is 5.50. The third-order valence-electron chi connectivity index (χ3n) is 4.48. The summed E-state index contributed by atoms with van der Waals surface area (Å²) in [5, 5.41) is 0.537. The fourth-order valence-electron chi connectivity index (χ4n) is 3.37. The first-order valence-electron chi connectivity index (χ1n) is 9.03. The SMILES string of the molecule is CCOC(=O)C1=C(C)N=C2Sc3cc(OC(F)(F)F)ccc3N2[C@H]1c1ccccn1. The number of fused-ring (bicyclic) bond motifs is 3. The second-order valence-electron chi connectivity index (χ2n) is 6.42.